The van der Waals surface area contributed by atoms with E-state index in [0.717, 1.165) is 54.7 Å². The number of piperidine rings is 1. The molecule has 1 N–H and O–H groups in total. The minimum absolute atomic E-state index is 0.0925. The van der Waals surface area contributed by atoms with Crippen molar-refractivity contribution in [2.24, 2.45) is 12.5 Å². The third-order valence-corrected chi connectivity index (χ3v) is 13.6. The summed E-state index contributed by atoms with van der Waals surface area (Å²) < 4.78 is 14.5. The van der Waals surface area contributed by atoms with Crippen molar-refractivity contribution in [2.45, 2.75) is 82.0 Å². The zero-order valence-electron chi connectivity index (χ0n) is 33.6. The first-order valence-corrected chi connectivity index (χ1v) is 21.0. The van der Waals surface area contributed by atoms with Crippen LogP contribution in [0.2, 0.25) is 0 Å². The molecule has 13 heteroatoms. The third kappa shape index (κ3) is 6.83. The highest BCUT2D eigenvalue weighted by Crippen LogP contribution is 2.51. The highest BCUT2D eigenvalue weighted by Gasteiger charge is 2.54. The number of pyridine rings is 2. The Kier molecular flexibility index (Phi) is 9.47. The van der Waals surface area contributed by atoms with Crippen LogP contribution in [0.5, 0.6) is 11.6 Å². The van der Waals surface area contributed by atoms with E-state index in [1.165, 1.54) is 47.7 Å². The number of carbonyl (C=O) groups is 4. The van der Waals surface area contributed by atoms with Gasteiger partial charge in [-0.2, -0.15) is 0 Å². The highest BCUT2D eigenvalue weighted by molar-refractivity contribution is 6.23. The van der Waals surface area contributed by atoms with E-state index in [1.807, 2.05) is 24.7 Å². The van der Waals surface area contributed by atoms with Crippen molar-refractivity contribution in [2.75, 3.05) is 33.3 Å². The summed E-state index contributed by atoms with van der Waals surface area (Å²) in [6.07, 6.45) is 13.8. The maximum Gasteiger partial charge on any atom is 0.262 e. The summed E-state index contributed by atoms with van der Waals surface area (Å²) in [7, 11) is 4.40. The number of aromatic nitrogens is 3. The highest BCUT2D eigenvalue weighted by atomic mass is 16.5. The Hall–Kier alpha value is -5.66. The summed E-state index contributed by atoms with van der Waals surface area (Å²) in [5.74, 6) is -0.817. The average Bonchev–Trinajstić information content (AvgIpc) is 3.62. The second-order valence-electron chi connectivity index (χ2n) is 17.4. The van der Waals surface area contributed by atoms with Crippen LogP contribution in [0.3, 0.4) is 0 Å². The minimum Gasteiger partial charge on any atom is -0.494 e. The summed E-state index contributed by atoms with van der Waals surface area (Å²) in [6.45, 7) is 4.00. The number of carbonyl (C=O) groups excluding carboxylic acids is 4. The van der Waals surface area contributed by atoms with E-state index in [9.17, 15) is 19.2 Å². The van der Waals surface area contributed by atoms with Gasteiger partial charge in [-0.05, 0) is 99.5 Å². The number of unbranched alkanes of at least 4 members (excludes halogenated alkanes) is 2. The molecule has 5 aromatic rings. The number of nitrogens with one attached hydrogen (secondary N) is 1. The van der Waals surface area contributed by atoms with Crippen molar-refractivity contribution in [1.29, 1.82) is 0 Å². The molecule has 4 amide bonds. The molecule has 10 rings (SSSR count). The van der Waals surface area contributed by atoms with Crippen molar-refractivity contribution >= 4 is 45.4 Å². The Morgan fingerprint density at radius 2 is 1.66 bits per heavy atom. The molecule has 1 spiro atoms. The molecule has 3 aliphatic heterocycles. The van der Waals surface area contributed by atoms with E-state index in [-0.39, 0.29) is 30.1 Å². The molecule has 1 atom stereocenters. The zero-order valence-corrected chi connectivity index (χ0v) is 33.6. The Labute approximate surface area is 342 Å². The second-order valence-corrected chi connectivity index (χ2v) is 17.4. The van der Waals surface area contributed by atoms with Crippen molar-refractivity contribution in [3.05, 3.63) is 84.3 Å². The molecule has 1 unspecified atom stereocenters. The van der Waals surface area contributed by atoms with Crippen LogP contribution in [-0.4, -0.2) is 110 Å². The standard InChI is InChI=1S/C46H49N7O6/c1-50(30-19-33(20-30)59-42-13-7-29(24-48-42)28-6-9-34-37-25-47-15-14-38(37)51(2)40(34)18-28)31-22-46(23-31)26-52(27-46)16-4-3-5-17-58-32-8-10-35-36(21-32)45(57)53(44(35)56)39-11-12-41(54)49-43(39)55/h6-10,13-15,18,21,24-25,30-31,33,39H,3-5,11-12,16-17,19-20,22-23,26-27H2,1-2H3,(H,49,54,55)/t30-,33-,39?. The van der Waals surface area contributed by atoms with Gasteiger partial charge >= 0.3 is 0 Å². The minimum atomic E-state index is -0.974. The number of imide groups is 2. The molecule has 2 aromatic carbocycles. The van der Waals surface area contributed by atoms with Gasteiger partial charge in [0.2, 0.25) is 17.7 Å². The summed E-state index contributed by atoms with van der Waals surface area (Å²) in [6, 6.07) is 17.8. The molecule has 59 heavy (non-hydrogen) atoms. The Morgan fingerprint density at radius 3 is 2.46 bits per heavy atom. The predicted octanol–water partition coefficient (Wildman–Crippen LogP) is 5.75. The van der Waals surface area contributed by atoms with Crippen molar-refractivity contribution in [1.82, 2.24) is 34.6 Å². The summed E-state index contributed by atoms with van der Waals surface area (Å²) in [4.78, 5) is 65.1. The molecule has 2 saturated carbocycles. The van der Waals surface area contributed by atoms with E-state index in [2.05, 4.69) is 74.1 Å². The quantitative estimate of drug-likeness (QED) is 0.116. The van der Waals surface area contributed by atoms with Crippen LogP contribution in [0.1, 0.15) is 78.5 Å². The molecule has 2 saturated heterocycles. The molecule has 0 radical (unpaired) electrons. The van der Waals surface area contributed by atoms with Gasteiger partial charge in [0, 0.05) is 98.0 Å². The third-order valence-electron chi connectivity index (χ3n) is 13.6. The number of hydrogen-bond acceptors (Lipinski definition) is 10. The summed E-state index contributed by atoms with van der Waals surface area (Å²) >= 11 is 0. The number of ether oxygens (including phenoxy) is 2. The number of hydrogen-bond donors (Lipinski definition) is 1. The second kappa shape index (κ2) is 14.9. The van der Waals surface area contributed by atoms with Crippen LogP contribution in [0.15, 0.2) is 73.2 Å². The molecule has 2 aliphatic carbocycles. The number of amides is 4. The van der Waals surface area contributed by atoms with Crippen LogP contribution in [0.25, 0.3) is 32.9 Å². The fraction of sp³-hybridized carbons (Fsp3) is 0.435. The fourth-order valence-electron chi connectivity index (χ4n) is 10.2. The van der Waals surface area contributed by atoms with E-state index in [1.54, 1.807) is 18.2 Å². The Morgan fingerprint density at radius 1 is 0.847 bits per heavy atom. The number of aryl methyl sites for hydroxylation is 1. The summed E-state index contributed by atoms with van der Waals surface area (Å²) in [5, 5.41) is 4.60. The SMILES string of the molecule is Cn1c2ccncc2c2ccc(-c3ccc(O[C@H]4C[C@H](N(C)C5CC6(C5)CN(CCCCCOc5ccc7c(c5)C(=O)N(C5CCC(=O)NC5=O)C7=O)C6)C4)nc3)cc21. The number of nitrogens with zero attached hydrogens (tertiary/aromatic N) is 6. The molecular formula is C46H49N7O6. The van der Waals surface area contributed by atoms with Crippen LogP contribution in [0, 0.1) is 5.41 Å². The molecule has 304 valence electrons. The van der Waals surface area contributed by atoms with E-state index in [4.69, 9.17) is 9.47 Å². The average molecular weight is 796 g/mol. The molecule has 4 fully saturated rings. The van der Waals surface area contributed by atoms with Gasteiger partial charge in [0.15, 0.2) is 0 Å². The predicted molar refractivity (Wildman–Crippen MR) is 221 cm³/mol. The topological polar surface area (TPSA) is 139 Å². The number of rotatable bonds is 13. The van der Waals surface area contributed by atoms with Crippen LogP contribution < -0.4 is 14.8 Å². The van der Waals surface area contributed by atoms with E-state index in [0.29, 0.717) is 35.7 Å². The summed E-state index contributed by atoms with van der Waals surface area (Å²) in [5.41, 5.74) is 5.55. The maximum absolute atomic E-state index is 13.1. The number of likely N-dealkylation sites (tertiary alicyclic amines) is 1. The van der Waals surface area contributed by atoms with Crippen molar-refractivity contribution in [3.63, 3.8) is 0 Å². The smallest absolute Gasteiger partial charge is 0.262 e. The first kappa shape index (κ1) is 37.6. The monoisotopic (exact) mass is 795 g/mol. The Balaban J connectivity index is 0.608. The van der Waals surface area contributed by atoms with Gasteiger partial charge in [-0.15, -0.1) is 0 Å². The van der Waals surface area contributed by atoms with Gasteiger partial charge in [-0.1, -0.05) is 12.1 Å². The molecule has 6 heterocycles. The largest absolute Gasteiger partial charge is 0.494 e. The lowest BCUT2D eigenvalue weighted by molar-refractivity contribution is -0.136. The van der Waals surface area contributed by atoms with Crippen LogP contribution in [0.4, 0.5) is 0 Å². The van der Waals surface area contributed by atoms with Gasteiger partial charge in [0.1, 0.15) is 17.9 Å². The lowest BCUT2D eigenvalue weighted by Gasteiger charge is -2.62. The molecule has 13 nitrogen and oxygen atoms in total. The number of fused-ring (bicyclic) bond motifs is 4. The first-order chi connectivity index (χ1) is 28.6. The Bertz CT molecular complexity index is 2480. The van der Waals surface area contributed by atoms with Gasteiger partial charge in [-0.25, -0.2) is 4.98 Å². The molecule has 5 aliphatic rings. The lowest BCUT2D eigenvalue weighted by Crippen LogP contribution is -2.67. The van der Waals surface area contributed by atoms with Crippen LogP contribution >= 0.6 is 0 Å². The molecule has 0 bridgehead atoms. The van der Waals surface area contributed by atoms with Gasteiger partial charge in [0.25, 0.3) is 11.8 Å². The molecular weight excluding hydrogens is 747 g/mol. The molecule has 3 aromatic heterocycles. The zero-order chi connectivity index (χ0) is 40.4. The van der Waals surface area contributed by atoms with Gasteiger partial charge < -0.3 is 23.8 Å². The van der Waals surface area contributed by atoms with Crippen LogP contribution in [-0.2, 0) is 16.6 Å². The van der Waals surface area contributed by atoms with Gasteiger partial charge in [-0.3, -0.25) is 34.4 Å². The van der Waals surface area contributed by atoms with Gasteiger partial charge in [0.05, 0.1) is 23.3 Å². The van der Waals surface area contributed by atoms with E-state index >= 15 is 0 Å². The first-order valence-electron chi connectivity index (χ1n) is 21.0. The lowest BCUT2D eigenvalue weighted by atomic mass is 9.59. The maximum atomic E-state index is 13.1. The van der Waals surface area contributed by atoms with Crippen molar-refractivity contribution in [3.8, 4) is 22.8 Å². The van der Waals surface area contributed by atoms with E-state index < -0.39 is 29.7 Å². The number of benzene rings is 2. The fourth-order valence-corrected chi connectivity index (χ4v) is 10.2. The van der Waals surface area contributed by atoms with Crippen molar-refractivity contribution < 1.29 is 28.7 Å². The normalized spacial score (nSPS) is 22.8.